The number of aromatic nitrogens is 2. The molecule has 0 aliphatic heterocycles. The van der Waals surface area contributed by atoms with Gasteiger partial charge >= 0.3 is 6.18 Å². The normalized spacial score (nSPS) is 11.8. The molecule has 1 N–H and O–H groups in total. The number of hydrogen-bond donors (Lipinski definition) is 1. The lowest BCUT2D eigenvalue weighted by atomic mass is 10.0. The Morgan fingerprint density at radius 1 is 1.00 bits per heavy atom. The van der Waals surface area contributed by atoms with Crippen molar-refractivity contribution in [3.63, 3.8) is 0 Å². The van der Waals surface area contributed by atoms with E-state index in [0.29, 0.717) is 10.9 Å². The Labute approximate surface area is 117 Å². The lowest BCUT2D eigenvalue weighted by Gasteiger charge is -2.06. The molecule has 6 heteroatoms. The molecule has 0 saturated carbocycles. The van der Waals surface area contributed by atoms with Gasteiger partial charge in [-0.3, -0.25) is 9.89 Å². The topological polar surface area (TPSA) is 45.8 Å². The van der Waals surface area contributed by atoms with Crippen LogP contribution < -0.4 is 0 Å². The maximum Gasteiger partial charge on any atom is 0.416 e. The molecule has 21 heavy (non-hydrogen) atoms. The Hall–Kier alpha value is -2.63. The van der Waals surface area contributed by atoms with Crippen molar-refractivity contribution in [2.45, 2.75) is 6.18 Å². The Morgan fingerprint density at radius 2 is 1.67 bits per heavy atom. The summed E-state index contributed by atoms with van der Waals surface area (Å²) in [5.41, 5.74) is 0.282. The van der Waals surface area contributed by atoms with Crippen LogP contribution in [0.15, 0.2) is 48.5 Å². The average Bonchev–Trinajstić information content (AvgIpc) is 2.90. The van der Waals surface area contributed by atoms with Gasteiger partial charge in [-0.25, -0.2) is 0 Å². The SMILES string of the molecule is O=C(c1ccc(C(F)(F)F)cc1)c1n[nH]c2ccccc12. The zero-order valence-corrected chi connectivity index (χ0v) is 10.6. The van der Waals surface area contributed by atoms with Crippen molar-refractivity contribution in [3.05, 3.63) is 65.4 Å². The van der Waals surface area contributed by atoms with E-state index in [2.05, 4.69) is 10.2 Å². The first-order chi connectivity index (χ1) is 9.97. The molecular weight excluding hydrogens is 281 g/mol. The third-order valence-electron chi connectivity index (χ3n) is 3.16. The van der Waals surface area contributed by atoms with Gasteiger partial charge in [0, 0.05) is 10.9 Å². The molecule has 3 nitrogen and oxygen atoms in total. The van der Waals surface area contributed by atoms with Crippen LogP contribution in [0.1, 0.15) is 21.6 Å². The first kappa shape index (κ1) is 13.4. The highest BCUT2D eigenvalue weighted by atomic mass is 19.4. The lowest BCUT2D eigenvalue weighted by molar-refractivity contribution is -0.137. The van der Waals surface area contributed by atoms with E-state index in [1.165, 1.54) is 0 Å². The van der Waals surface area contributed by atoms with Gasteiger partial charge in [0.1, 0.15) is 5.69 Å². The van der Waals surface area contributed by atoms with Gasteiger partial charge in [0.2, 0.25) is 5.78 Å². The zero-order valence-electron chi connectivity index (χ0n) is 10.6. The van der Waals surface area contributed by atoms with E-state index in [1.807, 2.05) is 0 Å². The number of H-pyrrole nitrogens is 1. The molecule has 0 fully saturated rings. The summed E-state index contributed by atoms with van der Waals surface area (Å²) >= 11 is 0. The van der Waals surface area contributed by atoms with Gasteiger partial charge in [-0.05, 0) is 18.2 Å². The third kappa shape index (κ3) is 2.40. The monoisotopic (exact) mass is 290 g/mol. The summed E-state index contributed by atoms with van der Waals surface area (Å²) in [6.07, 6.45) is -4.42. The third-order valence-corrected chi connectivity index (χ3v) is 3.16. The van der Waals surface area contributed by atoms with Crippen LogP contribution in [0.2, 0.25) is 0 Å². The van der Waals surface area contributed by atoms with Crippen LogP contribution in [-0.2, 0) is 6.18 Å². The molecule has 1 heterocycles. The summed E-state index contributed by atoms with van der Waals surface area (Å²) in [4.78, 5) is 12.3. The highest BCUT2D eigenvalue weighted by Gasteiger charge is 2.30. The van der Waals surface area contributed by atoms with E-state index in [1.54, 1.807) is 24.3 Å². The van der Waals surface area contributed by atoms with E-state index >= 15 is 0 Å². The van der Waals surface area contributed by atoms with Crippen molar-refractivity contribution in [1.29, 1.82) is 0 Å². The summed E-state index contributed by atoms with van der Waals surface area (Å²) in [5, 5.41) is 7.31. The lowest BCUT2D eigenvalue weighted by Crippen LogP contribution is -2.07. The number of carbonyl (C=O) groups is 1. The smallest absolute Gasteiger partial charge is 0.287 e. The van der Waals surface area contributed by atoms with Crippen LogP contribution in [0.25, 0.3) is 10.9 Å². The minimum atomic E-state index is -4.42. The van der Waals surface area contributed by atoms with Gasteiger partial charge in [0.05, 0.1) is 11.1 Å². The molecular formula is C15H9F3N2O. The number of hydrogen-bond acceptors (Lipinski definition) is 2. The molecule has 0 amide bonds. The maximum atomic E-state index is 12.5. The predicted octanol–water partition coefficient (Wildman–Crippen LogP) is 3.81. The summed E-state index contributed by atoms with van der Waals surface area (Å²) in [7, 11) is 0. The van der Waals surface area contributed by atoms with Crippen molar-refractivity contribution in [2.24, 2.45) is 0 Å². The van der Waals surface area contributed by atoms with Crippen LogP contribution in [0.4, 0.5) is 13.2 Å². The van der Waals surface area contributed by atoms with Crippen molar-refractivity contribution < 1.29 is 18.0 Å². The number of benzene rings is 2. The molecule has 0 unspecified atom stereocenters. The summed E-state index contributed by atoms with van der Waals surface area (Å²) in [5.74, 6) is -0.416. The standard InChI is InChI=1S/C15H9F3N2O/c16-15(17,18)10-7-5-9(6-8-10)14(21)13-11-3-1-2-4-12(11)19-20-13/h1-8H,(H,19,20). The van der Waals surface area contributed by atoms with Crippen LogP contribution >= 0.6 is 0 Å². The Bertz CT molecular complexity index is 804. The number of aromatic amines is 1. The minimum Gasteiger partial charge on any atom is -0.287 e. The van der Waals surface area contributed by atoms with Crippen LogP contribution in [-0.4, -0.2) is 16.0 Å². The number of nitrogens with one attached hydrogen (secondary N) is 1. The number of alkyl halides is 3. The first-order valence-electron chi connectivity index (χ1n) is 6.12. The minimum absolute atomic E-state index is 0.167. The molecule has 106 valence electrons. The maximum absolute atomic E-state index is 12.5. The quantitative estimate of drug-likeness (QED) is 0.729. The number of para-hydroxylation sites is 1. The summed E-state index contributed by atoms with van der Waals surface area (Å²) in [6.45, 7) is 0. The molecule has 0 bridgehead atoms. The molecule has 3 aromatic rings. The molecule has 0 saturated heterocycles. The fourth-order valence-corrected chi connectivity index (χ4v) is 2.08. The molecule has 0 aliphatic carbocycles. The van der Waals surface area contributed by atoms with Crippen LogP contribution in [0.5, 0.6) is 0 Å². The number of halogens is 3. The van der Waals surface area contributed by atoms with Gasteiger partial charge < -0.3 is 0 Å². The fourth-order valence-electron chi connectivity index (χ4n) is 2.08. The van der Waals surface area contributed by atoms with Gasteiger partial charge in [0.25, 0.3) is 0 Å². The van der Waals surface area contributed by atoms with Crippen LogP contribution in [0, 0.1) is 0 Å². The molecule has 0 radical (unpaired) electrons. The molecule has 0 spiro atoms. The Balaban J connectivity index is 1.99. The number of rotatable bonds is 2. The molecule has 0 aliphatic rings. The first-order valence-corrected chi connectivity index (χ1v) is 6.12. The zero-order chi connectivity index (χ0) is 15.0. The highest BCUT2D eigenvalue weighted by Crippen LogP contribution is 2.29. The summed E-state index contributed by atoms with van der Waals surface area (Å²) in [6, 6.07) is 11.2. The molecule has 2 aromatic carbocycles. The van der Waals surface area contributed by atoms with Gasteiger partial charge in [0.15, 0.2) is 0 Å². The molecule has 0 atom stereocenters. The van der Waals surface area contributed by atoms with Crippen molar-refractivity contribution >= 4 is 16.7 Å². The van der Waals surface area contributed by atoms with E-state index < -0.39 is 17.5 Å². The predicted molar refractivity (Wildman–Crippen MR) is 71.0 cm³/mol. The Kier molecular flexibility index (Phi) is 3.01. The second-order valence-electron chi connectivity index (χ2n) is 4.52. The van der Waals surface area contributed by atoms with E-state index in [9.17, 15) is 18.0 Å². The number of ketones is 1. The second kappa shape index (κ2) is 4.73. The average molecular weight is 290 g/mol. The fraction of sp³-hybridized carbons (Fsp3) is 0.0667. The second-order valence-corrected chi connectivity index (χ2v) is 4.52. The number of nitrogens with zero attached hydrogens (tertiary/aromatic N) is 1. The number of carbonyl (C=O) groups excluding carboxylic acids is 1. The van der Waals surface area contributed by atoms with Crippen molar-refractivity contribution in [2.75, 3.05) is 0 Å². The van der Waals surface area contributed by atoms with Gasteiger partial charge in [-0.1, -0.05) is 30.3 Å². The van der Waals surface area contributed by atoms with Crippen molar-refractivity contribution in [3.8, 4) is 0 Å². The highest BCUT2D eigenvalue weighted by molar-refractivity contribution is 6.14. The molecule has 1 aromatic heterocycles. The van der Waals surface area contributed by atoms with Crippen molar-refractivity contribution in [1.82, 2.24) is 10.2 Å². The number of fused-ring (bicyclic) bond motifs is 1. The Morgan fingerprint density at radius 3 is 2.33 bits per heavy atom. The van der Waals surface area contributed by atoms with E-state index in [-0.39, 0.29) is 11.3 Å². The van der Waals surface area contributed by atoms with Gasteiger partial charge in [-0.15, -0.1) is 0 Å². The van der Waals surface area contributed by atoms with Crippen LogP contribution in [0.3, 0.4) is 0 Å². The van der Waals surface area contributed by atoms with E-state index in [4.69, 9.17) is 0 Å². The molecule has 3 rings (SSSR count). The van der Waals surface area contributed by atoms with Gasteiger partial charge in [-0.2, -0.15) is 18.3 Å². The largest absolute Gasteiger partial charge is 0.416 e. The summed E-state index contributed by atoms with van der Waals surface area (Å²) < 4.78 is 37.5. The van der Waals surface area contributed by atoms with E-state index in [0.717, 1.165) is 24.3 Å².